The molecule has 5 nitrogen and oxygen atoms in total. The fourth-order valence-electron chi connectivity index (χ4n) is 1.24. The van der Waals surface area contributed by atoms with Gasteiger partial charge in [0.05, 0.1) is 18.3 Å². The van der Waals surface area contributed by atoms with E-state index in [1.807, 2.05) is 5.38 Å². The van der Waals surface area contributed by atoms with Gasteiger partial charge in [0.2, 0.25) is 0 Å². The third-order valence-electron chi connectivity index (χ3n) is 2.05. The molecule has 0 bridgehead atoms. The Labute approximate surface area is 95.9 Å². The summed E-state index contributed by atoms with van der Waals surface area (Å²) in [6.07, 6.45) is 1.58. The fraction of sp³-hybridized carbons (Fsp3) is 0.100. The molecular weight excluding hydrogens is 226 g/mol. The summed E-state index contributed by atoms with van der Waals surface area (Å²) in [4.78, 5) is 19.5. The summed E-state index contributed by atoms with van der Waals surface area (Å²) in [7, 11) is 1.30. The maximum absolute atomic E-state index is 11.4. The van der Waals surface area contributed by atoms with E-state index in [1.165, 1.54) is 18.4 Å². The SMILES string of the molecule is COC(=O)c1cc(-c2cscn2)cnc1N. The van der Waals surface area contributed by atoms with Crippen molar-refractivity contribution in [1.29, 1.82) is 0 Å². The molecule has 0 atom stereocenters. The Balaban J connectivity index is 2.47. The highest BCUT2D eigenvalue weighted by atomic mass is 32.1. The van der Waals surface area contributed by atoms with E-state index in [1.54, 1.807) is 17.8 Å². The van der Waals surface area contributed by atoms with Gasteiger partial charge in [-0.15, -0.1) is 11.3 Å². The molecule has 0 aromatic carbocycles. The van der Waals surface area contributed by atoms with Crippen molar-refractivity contribution in [1.82, 2.24) is 9.97 Å². The topological polar surface area (TPSA) is 78.1 Å². The number of aromatic nitrogens is 2. The number of pyridine rings is 1. The fourth-order valence-corrected chi connectivity index (χ4v) is 1.81. The molecule has 0 saturated heterocycles. The van der Waals surface area contributed by atoms with Crippen molar-refractivity contribution < 1.29 is 9.53 Å². The Morgan fingerprint density at radius 1 is 1.50 bits per heavy atom. The molecule has 2 heterocycles. The van der Waals surface area contributed by atoms with Crippen LogP contribution in [0.3, 0.4) is 0 Å². The monoisotopic (exact) mass is 235 g/mol. The number of esters is 1. The zero-order valence-electron chi connectivity index (χ0n) is 8.51. The van der Waals surface area contributed by atoms with E-state index in [9.17, 15) is 4.79 Å². The summed E-state index contributed by atoms with van der Waals surface area (Å²) in [6, 6.07) is 1.63. The summed E-state index contributed by atoms with van der Waals surface area (Å²) in [5.41, 5.74) is 9.07. The lowest BCUT2D eigenvalue weighted by Crippen LogP contribution is -2.07. The van der Waals surface area contributed by atoms with Gasteiger partial charge in [0.1, 0.15) is 11.4 Å². The molecule has 0 spiro atoms. The van der Waals surface area contributed by atoms with Crippen molar-refractivity contribution in [2.24, 2.45) is 0 Å². The number of carbonyl (C=O) groups is 1. The quantitative estimate of drug-likeness (QED) is 0.799. The van der Waals surface area contributed by atoms with Gasteiger partial charge in [-0.3, -0.25) is 0 Å². The summed E-state index contributed by atoms with van der Waals surface area (Å²) in [5.74, 6) is -0.340. The van der Waals surface area contributed by atoms with Crippen LogP contribution in [0.5, 0.6) is 0 Å². The van der Waals surface area contributed by atoms with Crippen LogP contribution in [0.25, 0.3) is 11.3 Å². The van der Waals surface area contributed by atoms with E-state index < -0.39 is 5.97 Å². The molecule has 0 aliphatic rings. The van der Waals surface area contributed by atoms with Gasteiger partial charge in [-0.25, -0.2) is 14.8 Å². The van der Waals surface area contributed by atoms with Crippen molar-refractivity contribution in [2.45, 2.75) is 0 Å². The first kappa shape index (κ1) is 10.6. The molecule has 0 aliphatic carbocycles. The van der Waals surface area contributed by atoms with E-state index >= 15 is 0 Å². The maximum atomic E-state index is 11.4. The average molecular weight is 235 g/mol. The zero-order valence-corrected chi connectivity index (χ0v) is 9.32. The van der Waals surface area contributed by atoms with Gasteiger partial charge in [-0.05, 0) is 6.07 Å². The predicted octanol–water partition coefficient (Wildman–Crippen LogP) is 1.57. The molecule has 0 unspecified atom stereocenters. The predicted molar refractivity (Wildman–Crippen MR) is 61.1 cm³/mol. The first-order valence-corrected chi connectivity index (χ1v) is 5.39. The molecule has 2 aromatic rings. The number of methoxy groups -OCH3 is 1. The smallest absolute Gasteiger partial charge is 0.341 e. The highest BCUT2D eigenvalue weighted by molar-refractivity contribution is 7.07. The van der Waals surface area contributed by atoms with Crippen LogP contribution >= 0.6 is 11.3 Å². The number of rotatable bonds is 2. The molecule has 16 heavy (non-hydrogen) atoms. The van der Waals surface area contributed by atoms with E-state index in [4.69, 9.17) is 5.73 Å². The lowest BCUT2D eigenvalue weighted by Gasteiger charge is -2.04. The minimum Gasteiger partial charge on any atom is -0.465 e. The number of anilines is 1. The minimum atomic E-state index is -0.498. The molecule has 82 valence electrons. The van der Waals surface area contributed by atoms with Crippen LogP contribution in [0.15, 0.2) is 23.2 Å². The van der Waals surface area contributed by atoms with E-state index in [0.717, 1.165) is 11.3 Å². The van der Waals surface area contributed by atoms with Gasteiger partial charge < -0.3 is 10.5 Å². The molecule has 2 N–H and O–H groups in total. The molecule has 2 rings (SSSR count). The summed E-state index contributed by atoms with van der Waals surface area (Å²) >= 11 is 1.47. The number of nitrogen functional groups attached to an aromatic ring is 1. The number of ether oxygens (including phenoxy) is 1. The summed E-state index contributed by atoms with van der Waals surface area (Å²) in [5, 5.41) is 1.87. The van der Waals surface area contributed by atoms with E-state index in [2.05, 4.69) is 14.7 Å². The van der Waals surface area contributed by atoms with Crippen LogP contribution in [-0.2, 0) is 4.74 Å². The van der Waals surface area contributed by atoms with Crippen molar-refractivity contribution >= 4 is 23.1 Å². The number of hydrogen-bond donors (Lipinski definition) is 1. The van der Waals surface area contributed by atoms with Gasteiger partial charge in [-0.2, -0.15) is 0 Å². The normalized spacial score (nSPS) is 10.1. The Morgan fingerprint density at radius 3 is 2.94 bits per heavy atom. The third kappa shape index (κ3) is 1.87. The second-order valence-electron chi connectivity index (χ2n) is 3.02. The van der Waals surface area contributed by atoms with Crippen LogP contribution in [0.2, 0.25) is 0 Å². The van der Waals surface area contributed by atoms with Gasteiger partial charge in [0.25, 0.3) is 0 Å². The molecule has 0 saturated carbocycles. The van der Waals surface area contributed by atoms with Gasteiger partial charge in [-0.1, -0.05) is 0 Å². The largest absolute Gasteiger partial charge is 0.465 e. The second kappa shape index (κ2) is 4.28. The maximum Gasteiger partial charge on any atom is 0.341 e. The highest BCUT2D eigenvalue weighted by Gasteiger charge is 2.13. The van der Waals surface area contributed by atoms with E-state index in [0.29, 0.717) is 0 Å². The Bertz CT molecular complexity index is 511. The molecule has 0 amide bonds. The molecular formula is C10H9N3O2S. The van der Waals surface area contributed by atoms with Crippen molar-refractivity contribution in [3.05, 3.63) is 28.7 Å². The zero-order chi connectivity index (χ0) is 11.5. The first-order chi connectivity index (χ1) is 7.72. The van der Waals surface area contributed by atoms with Gasteiger partial charge in [0.15, 0.2) is 0 Å². The third-order valence-corrected chi connectivity index (χ3v) is 2.64. The summed E-state index contributed by atoms with van der Waals surface area (Å²) in [6.45, 7) is 0. The second-order valence-corrected chi connectivity index (χ2v) is 3.74. The highest BCUT2D eigenvalue weighted by Crippen LogP contribution is 2.22. The number of carbonyl (C=O) groups excluding carboxylic acids is 1. The molecule has 6 heteroatoms. The Morgan fingerprint density at radius 2 is 2.31 bits per heavy atom. The average Bonchev–Trinajstić information content (AvgIpc) is 2.82. The van der Waals surface area contributed by atoms with E-state index in [-0.39, 0.29) is 11.4 Å². The molecule has 0 aliphatic heterocycles. The summed E-state index contributed by atoms with van der Waals surface area (Å²) < 4.78 is 4.61. The first-order valence-electron chi connectivity index (χ1n) is 4.44. The minimum absolute atomic E-state index is 0.158. The lowest BCUT2D eigenvalue weighted by molar-refractivity contribution is 0.0601. The number of nitrogens with zero attached hydrogens (tertiary/aromatic N) is 2. The molecule has 0 radical (unpaired) electrons. The van der Waals surface area contributed by atoms with Gasteiger partial charge >= 0.3 is 5.97 Å². The molecule has 0 fully saturated rings. The van der Waals surface area contributed by atoms with Crippen LogP contribution < -0.4 is 5.73 Å². The molecule has 2 aromatic heterocycles. The van der Waals surface area contributed by atoms with Gasteiger partial charge in [0, 0.05) is 17.1 Å². The van der Waals surface area contributed by atoms with Crippen molar-refractivity contribution in [2.75, 3.05) is 12.8 Å². The number of hydrogen-bond acceptors (Lipinski definition) is 6. The number of nitrogens with two attached hydrogens (primary N) is 1. The lowest BCUT2D eigenvalue weighted by atomic mass is 10.1. The number of thiazole rings is 1. The van der Waals surface area contributed by atoms with Crippen LogP contribution in [0.4, 0.5) is 5.82 Å². The standard InChI is InChI=1S/C10H9N3O2S/c1-15-10(14)7-2-6(3-12-9(7)11)8-4-16-5-13-8/h2-5H,1H3,(H2,11,12). The van der Waals surface area contributed by atoms with Crippen LogP contribution in [0.1, 0.15) is 10.4 Å². The van der Waals surface area contributed by atoms with Crippen LogP contribution in [0, 0.1) is 0 Å². The van der Waals surface area contributed by atoms with Crippen molar-refractivity contribution in [3.8, 4) is 11.3 Å². The van der Waals surface area contributed by atoms with Crippen molar-refractivity contribution in [3.63, 3.8) is 0 Å². The Hall–Kier alpha value is -1.95. The van der Waals surface area contributed by atoms with Crippen LogP contribution in [-0.4, -0.2) is 23.0 Å². The Kier molecular flexibility index (Phi) is 2.82.